The van der Waals surface area contributed by atoms with E-state index in [1.807, 2.05) is 54.8 Å². The van der Waals surface area contributed by atoms with Crippen molar-refractivity contribution in [1.82, 2.24) is 20.3 Å². The third kappa shape index (κ3) is 2.23. The highest BCUT2D eigenvalue weighted by Crippen LogP contribution is 2.28. The second kappa shape index (κ2) is 5.23. The number of benzene rings is 1. The Hall–Kier alpha value is -2.73. The molecule has 0 aliphatic rings. The molecule has 0 bridgehead atoms. The predicted molar refractivity (Wildman–Crippen MR) is 85.4 cm³/mol. The van der Waals surface area contributed by atoms with E-state index in [1.165, 1.54) is 0 Å². The summed E-state index contributed by atoms with van der Waals surface area (Å²) in [7, 11) is 0. The molecular weight excluding hydrogens is 296 g/mol. The number of aromatic amines is 1. The van der Waals surface area contributed by atoms with Crippen LogP contribution in [0.4, 0.5) is 0 Å². The summed E-state index contributed by atoms with van der Waals surface area (Å²) < 4.78 is 5.35. The van der Waals surface area contributed by atoms with E-state index < -0.39 is 0 Å². The maximum absolute atomic E-state index is 5.35. The first-order valence-electron chi connectivity index (χ1n) is 6.80. The molecule has 0 fully saturated rings. The van der Waals surface area contributed by atoms with Crippen LogP contribution in [0.2, 0.25) is 0 Å². The van der Waals surface area contributed by atoms with Crippen molar-refractivity contribution in [1.29, 1.82) is 0 Å². The standard InChI is InChI=1S/C16H12N4OS/c1-10-5-2-3-6-11(10)15-17-16(21-20-15)13-9-12(18-19-13)14-7-4-8-22-14/h2-9H,1H3,(H,18,19). The first-order chi connectivity index (χ1) is 10.8. The summed E-state index contributed by atoms with van der Waals surface area (Å²) >= 11 is 1.65. The Kier molecular flexibility index (Phi) is 3.08. The molecule has 0 atom stereocenters. The van der Waals surface area contributed by atoms with Crippen molar-refractivity contribution in [3.63, 3.8) is 0 Å². The topological polar surface area (TPSA) is 67.6 Å². The van der Waals surface area contributed by atoms with Gasteiger partial charge in [-0.3, -0.25) is 5.10 Å². The van der Waals surface area contributed by atoms with Gasteiger partial charge in [0, 0.05) is 5.56 Å². The van der Waals surface area contributed by atoms with Gasteiger partial charge in [0.1, 0.15) is 0 Å². The van der Waals surface area contributed by atoms with Gasteiger partial charge in [0.25, 0.3) is 5.89 Å². The van der Waals surface area contributed by atoms with E-state index in [0.717, 1.165) is 21.7 Å². The monoisotopic (exact) mass is 308 g/mol. The predicted octanol–water partition coefficient (Wildman–Crippen LogP) is 4.16. The zero-order chi connectivity index (χ0) is 14.9. The highest BCUT2D eigenvalue weighted by atomic mass is 32.1. The van der Waals surface area contributed by atoms with Gasteiger partial charge >= 0.3 is 0 Å². The zero-order valence-electron chi connectivity index (χ0n) is 11.8. The van der Waals surface area contributed by atoms with E-state index in [-0.39, 0.29) is 0 Å². The number of aromatic nitrogens is 4. The van der Waals surface area contributed by atoms with Gasteiger partial charge in [0.15, 0.2) is 5.69 Å². The number of nitrogens with zero attached hydrogens (tertiary/aromatic N) is 3. The van der Waals surface area contributed by atoms with E-state index >= 15 is 0 Å². The van der Waals surface area contributed by atoms with Crippen LogP contribution in [0.15, 0.2) is 52.4 Å². The van der Waals surface area contributed by atoms with Gasteiger partial charge in [-0.2, -0.15) is 10.1 Å². The Morgan fingerprint density at radius 3 is 2.86 bits per heavy atom. The van der Waals surface area contributed by atoms with Crippen molar-refractivity contribution < 1.29 is 4.52 Å². The van der Waals surface area contributed by atoms with E-state index in [1.54, 1.807) is 11.3 Å². The van der Waals surface area contributed by atoms with Crippen LogP contribution < -0.4 is 0 Å². The van der Waals surface area contributed by atoms with Gasteiger partial charge in [-0.15, -0.1) is 11.3 Å². The summed E-state index contributed by atoms with van der Waals surface area (Å²) in [5.41, 5.74) is 3.67. The van der Waals surface area contributed by atoms with E-state index in [2.05, 4.69) is 20.3 Å². The van der Waals surface area contributed by atoms with Crippen LogP contribution in [-0.4, -0.2) is 20.3 Å². The maximum atomic E-state index is 5.35. The SMILES string of the molecule is Cc1ccccc1-c1noc(-c2cc(-c3cccs3)[nH]n2)n1. The number of hydrogen-bond acceptors (Lipinski definition) is 5. The minimum absolute atomic E-state index is 0.414. The Bertz CT molecular complexity index is 908. The molecule has 22 heavy (non-hydrogen) atoms. The van der Waals surface area contributed by atoms with Gasteiger partial charge in [-0.25, -0.2) is 0 Å². The van der Waals surface area contributed by atoms with Crippen molar-refractivity contribution in [3.8, 4) is 33.5 Å². The number of rotatable bonds is 3. The van der Waals surface area contributed by atoms with Crippen LogP contribution in [-0.2, 0) is 0 Å². The summed E-state index contributed by atoms with van der Waals surface area (Å²) in [4.78, 5) is 5.57. The Morgan fingerprint density at radius 1 is 1.14 bits per heavy atom. The lowest BCUT2D eigenvalue weighted by atomic mass is 10.1. The molecule has 4 aromatic rings. The van der Waals surface area contributed by atoms with Gasteiger partial charge in [-0.05, 0) is 30.0 Å². The van der Waals surface area contributed by atoms with Crippen molar-refractivity contribution in [3.05, 3.63) is 53.4 Å². The van der Waals surface area contributed by atoms with Crippen LogP contribution >= 0.6 is 11.3 Å². The smallest absolute Gasteiger partial charge is 0.278 e. The number of nitrogens with one attached hydrogen (secondary N) is 1. The fourth-order valence-electron chi connectivity index (χ4n) is 2.25. The second-order valence-corrected chi connectivity index (χ2v) is 5.83. The molecule has 0 saturated heterocycles. The third-order valence-electron chi connectivity index (χ3n) is 3.40. The largest absolute Gasteiger partial charge is 0.332 e. The molecule has 0 radical (unpaired) electrons. The van der Waals surface area contributed by atoms with Gasteiger partial charge in [0.05, 0.1) is 10.6 Å². The summed E-state index contributed by atoms with van der Waals surface area (Å²) in [6.07, 6.45) is 0. The quantitative estimate of drug-likeness (QED) is 0.617. The molecule has 0 unspecified atom stereocenters. The third-order valence-corrected chi connectivity index (χ3v) is 4.30. The molecule has 0 amide bonds. The lowest BCUT2D eigenvalue weighted by molar-refractivity contribution is 0.431. The minimum Gasteiger partial charge on any atom is -0.332 e. The Labute approximate surface area is 130 Å². The van der Waals surface area contributed by atoms with Gasteiger partial charge in [0.2, 0.25) is 5.82 Å². The maximum Gasteiger partial charge on any atom is 0.278 e. The molecule has 0 aliphatic carbocycles. The van der Waals surface area contributed by atoms with Crippen LogP contribution in [0.3, 0.4) is 0 Å². The summed E-state index contributed by atoms with van der Waals surface area (Å²) in [6, 6.07) is 13.9. The minimum atomic E-state index is 0.414. The van der Waals surface area contributed by atoms with Crippen LogP contribution in [0, 0.1) is 6.92 Å². The van der Waals surface area contributed by atoms with Crippen molar-refractivity contribution >= 4 is 11.3 Å². The number of hydrogen-bond donors (Lipinski definition) is 1. The summed E-state index contributed by atoms with van der Waals surface area (Å²) in [5.74, 6) is 0.992. The normalized spacial score (nSPS) is 11.0. The first-order valence-corrected chi connectivity index (χ1v) is 7.68. The Balaban J connectivity index is 1.69. The van der Waals surface area contributed by atoms with Crippen molar-refractivity contribution in [2.24, 2.45) is 0 Å². The fourth-order valence-corrected chi connectivity index (χ4v) is 2.94. The molecule has 1 aromatic carbocycles. The Morgan fingerprint density at radius 2 is 2.05 bits per heavy atom. The van der Waals surface area contributed by atoms with E-state index in [9.17, 15) is 0 Å². The van der Waals surface area contributed by atoms with Crippen LogP contribution in [0.1, 0.15) is 5.56 Å². The van der Waals surface area contributed by atoms with Crippen molar-refractivity contribution in [2.75, 3.05) is 0 Å². The van der Waals surface area contributed by atoms with E-state index in [4.69, 9.17) is 4.52 Å². The number of H-pyrrole nitrogens is 1. The van der Waals surface area contributed by atoms with Gasteiger partial charge < -0.3 is 4.52 Å². The lowest BCUT2D eigenvalue weighted by Gasteiger charge is -1.97. The molecule has 3 aromatic heterocycles. The summed E-state index contributed by atoms with van der Waals surface area (Å²) in [6.45, 7) is 2.02. The second-order valence-electron chi connectivity index (χ2n) is 4.88. The molecule has 3 heterocycles. The summed E-state index contributed by atoms with van der Waals surface area (Å²) in [5, 5.41) is 13.3. The number of thiophene rings is 1. The molecule has 0 saturated carbocycles. The molecule has 1 N–H and O–H groups in total. The van der Waals surface area contributed by atoms with E-state index in [0.29, 0.717) is 17.4 Å². The molecule has 5 nitrogen and oxygen atoms in total. The molecule has 4 rings (SSSR count). The molecule has 6 heteroatoms. The highest BCUT2D eigenvalue weighted by molar-refractivity contribution is 7.13. The zero-order valence-corrected chi connectivity index (χ0v) is 12.6. The molecule has 0 spiro atoms. The van der Waals surface area contributed by atoms with Crippen LogP contribution in [0.5, 0.6) is 0 Å². The highest BCUT2D eigenvalue weighted by Gasteiger charge is 2.15. The molecule has 108 valence electrons. The average molecular weight is 308 g/mol. The fraction of sp³-hybridized carbons (Fsp3) is 0.0625. The number of aryl methyl sites for hydroxylation is 1. The lowest BCUT2D eigenvalue weighted by Crippen LogP contribution is -1.84. The van der Waals surface area contributed by atoms with Crippen molar-refractivity contribution in [2.45, 2.75) is 6.92 Å². The van der Waals surface area contributed by atoms with Gasteiger partial charge in [-0.1, -0.05) is 35.5 Å². The molecule has 0 aliphatic heterocycles. The molecular formula is C16H12N4OS. The first kappa shape index (κ1) is 13.0. The average Bonchev–Trinajstić information content (AvgIpc) is 3.27. The van der Waals surface area contributed by atoms with Crippen LogP contribution in [0.25, 0.3) is 33.5 Å².